The largest absolute Gasteiger partial charge is 0.339 e. The van der Waals surface area contributed by atoms with Crippen LogP contribution in [0.2, 0.25) is 0 Å². The molecule has 1 aliphatic heterocycles. The topological polar surface area (TPSA) is 66.5 Å². The van der Waals surface area contributed by atoms with Gasteiger partial charge in [-0.15, -0.1) is 0 Å². The normalized spacial score (nSPS) is 14.5. The van der Waals surface area contributed by atoms with E-state index in [1.54, 1.807) is 4.90 Å². The molecule has 2 aromatic rings. The first-order valence-electron chi connectivity index (χ1n) is 7.85. The summed E-state index contributed by atoms with van der Waals surface area (Å²) in [4.78, 5) is 13.7. The molecular formula is C17H15F3N2O3S. The Balaban J connectivity index is 1.89. The van der Waals surface area contributed by atoms with E-state index in [9.17, 15) is 26.4 Å². The molecule has 9 heteroatoms. The number of nitrogens with zero attached hydrogens (tertiary/aromatic N) is 1. The quantitative estimate of drug-likeness (QED) is 0.824. The van der Waals surface area contributed by atoms with Gasteiger partial charge in [0.05, 0.1) is 10.6 Å². The van der Waals surface area contributed by atoms with Crippen molar-refractivity contribution in [3.63, 3.8) is 0 Å². The van der Waals surface area contributed by atoms with Gasteiger partial charge in [0, 0.05) is 18.7 Å². The minimum atomic E-state index is -4.29. The number of likely N-dealkylation sites (tertiary alicyclic amines) is 1. The Hall–Kier alpha value is -2.55. The summed E-state index contributed by atoms with van der Waals surface area (Å²) < 4.78 is 66.7. The standard InChI is InChI=1S/C17H15F3N2O3S/c18-13-6-7-14(16(20)15(13)19)21-26(24,25)12-5-3-4-11(10-12)17(23)22-8-1-2-9-22/h3-7,10,21H,1-2,8-9H2. The van der Waals surface area contributed by atoms with Crippen molar-refractivity contribution in [2.75, 3.05) is 17.8 Å². The minimum Gasteiger partial charge on any atom is -0.339 e. The number of halogens is 3. The van der Waals surface area contributed by atoms with Gasteiger partial charge in [-0.25, -0.2) is 21.6 Å². The van der Waals surface area contributed by atoms with Gasteiger partial charge < -0.3 is 4.90 Å². The molecule has 1 aliphatic rings. The number of hydrogen-bond acceptors (Lipinski definition) is 3. The second-order valence-corrected chi connectivity index (χ2v) is 7.54. The summed E-state index contributed by atoms with van der Waals surface area (Å²) in [5.41, 5.74) is -0.541. The monoisotopic (exact) mass is 384 g/mol. The first kappa shape index (κ1) is 18.2. The van der Waals surface area contributed by atoms with E-state index in [1.807, 2.05) is 4.72 Å². The summed E-state index contributed by atoms with van der Waals surface area (Å²) in [6.07, 6.45) is 1.78. The van der Waals surface area contributed by atoms with Crippen LogP contribution >= 0.6 is 0 Å². The molecule has 1 N–H and O–H groups in total. The van der Waals surface area contributed by atoms with E-state index < -0.39 is 33.2 Å². The Labute approximate surface area is 148 Å². The van der Waals surface area contributed by atoms with Crippen LogP contribution in [-0.2, 0) is 10.0 Å². The molecule has 0 aliphatic carbocycles. The molecule has 0 radical (unpaired) electrons. The number of carbonyl (C=O) groups is 1. The molecule has 0 saturated carbocycles. The lowest BCUT2D eigenvalue weighted by molar-refractivity contribution is 0.0792. The zero-order valence-electron chi connectivity index (χ0n) is 13.5. The van der Waals surface area contributed by atoms with E-state index in [4.69, 9.17) is 0 Å². The van der Waals surface area contributed by atoms with Crippen molar-refractivity contribution in [3.05, 3.63) is 59.4 Å². The molecule has 26 heavy (non-hydrogen) atoms. The van der Waals surface area contributed by atoms with Crippen molar-refractivity contribution in [1.29, 1.82) is 0 Å². The van der Waals surface area contributed by atoms with Crippen LogP contribution in [0.25, 0.3) is 0 Å². The molecule has 3 rings (SSSR count). The van der Waals surface area contributed by atoms with Crippen LogP contribution in [0.3, 0.4) is 0 Å². The number of amides is 1. The van der Waals surface area contributed by atoms with Crippen LogP contribution in [0.1, 0.15) is 23.2 Å². The predicted octanol–water partition coefficient (Wildman–Crippen LogP) is 3.14. The molecule has 1 saturated heterocycles. The fourth-order valence-corrected chi connectivity index (χ4v) is 3.81. The van der Waals surface area contributed by atoms with E-state index in [-0.39, 0.29) is 16.4 Å². The van der Waals surface area contributed by atoms with E-state index >= 15 is 0 Å². The Morgan fingerprint density at radius 3 is 2.38 bits per heavy atom. The maximum atomic E-state index is 13.7. The van der Waals surface area contributed by atoms with Gasteiger partial charge in [-0.1, -0.05) is 6.07 Å². The fraction of sp³-hybridized carbons (Fsp3) is 0.235. The van der Waals surface area contributed by atoms with Crippen molar-refractivity contribution < 1.29 is 26.4 Å². The van der Waals surface area contributed by atoms with E-state index in [1.165, 1.54) is 24.3 Å². The van der Waals surface area contributed by atoms with Gasteiger partial charge in [-0.3, -0.25) is 9.52 Å². The molecule has 0 unspecified atom stereocenters. The van der Waals surface area contributed by atoms with Crippen LogP contribution in [0.4, 0.5) is 18.9 Å². The molecule has 0 bridgehead atoms. The highest BCUT2D eigenvalue weighted by molar-refractivity contribution is 7.92. The molecule has 138 valence electrons. The average Bonchev–Trinajstić information content (AvgIpc) is 3.16. The van der Waals surface area contributed by atoms with Crippen LogP contribution < -0.4 is 4.72 Å². The zero-order chi connectivity index (χ0) is 18.9. The second kappa shape index (κ2) is 6.99. The van der Waals surface area contributed by atoms with Crippen molar-refractivity contribution >= 4 is 21.6 Å². The third kappa shape index (κ3) is 3.52. The predicted molar refractivity (Wildman–Crippen MR) is 88.7 cm³/mol. The summed E-state index contributed by atoms with van der Waals surface area (Å²) in [5, 5.41) is 0. The van der Waals surface area contributed by atoms with Crippen molar-refractivity contribution in [3.8, 4) is 0 Å². The number of carbonyl (C=O) groups excluding carboxylic acids is 1. The summed E-state index contributed by atoms with van der Waals surface area (Å²) in [7, 11) is -4.29. The van der Waals surface area contributed by atoms with Gasteiger partial charge in [-0.05, 0) is 43.2 Å². The van der Waals surface area contributed by atoms with Crippen LogP contribution in [0.5, 0.6) is 0 Å². The third-order valence-corrected chi connectivity index (χ3v) is 5.43. The first-order chi connectivity index (χ1) is 12.3. The Morgan fingerprint density at radius 1 is 1.00 bits per heavy atom. The zero-order valence-corrected chi connectivity index (χ0v) is 14.3. The molecule has 2 aromatic carbocycles. The van der Waals surface area contributed by atoms with Crippen molar-refractivity contribution in [1.82, 2.24) is 4.90 Å². The molecular weight excluding hydrogens is 369 g/mol. The second-order valence-electron chi connectivity index (χ2n) is 5.86. The van der Waals surface area contributed by atoms with E-state index in [0.717, 1.165) is 18.9 Å². The molecule has 5 nitrogen and oxygen atoms in total. The maximum Gasteiger partial charge on any atom is 0.262 e. The number of benzene rings is 2. The number of hydrogen-bond donors (Lipinski definition) is 1. The molecule has 0 aromatic heterocycles. The number of anilines is 1. The number of rotatable bonds is 4. The van der Waals surface area contributed by atoms with Crippen LogP contribution in [-0.4, -0.2) is 32.3 Å². The molecule has 0 atom stereocenters. The van der Waals surface area contributed by atoms with Gasteiger partial charge >= 0.3 is 0 Å². The molecule has 1 amide bonds. The lowest BCUT2D eigenvalue weighted by atomic mass is 10.2. The Morgan fingerprint density at radius 2 is 1.69 bits per heavy atom. The van der Waals surface area contributed by atoms with Crippen molar-refractivity contribution in [2.45, 2.75) is 17.7 Å². The minimum absolute atomic E-state index is 0.181. The van der Waals surface area contributed by atoms with E-state index in [2.05, 4.69) is 0 Å². The SMILES string of the molecule is O=C(c1cccc(S(=O)(=O)Nc2ccc(F)c(F)c2F)c1)N1CCCC1. The maximum absolute atomic E-state index is 13.7. The first-order valence-corrected chi connectivity index (χ1v) is 9.33. The summed E-state index contributed by atoms with van der Waals surface area (Å²) in [6, 6.07) is 6.66. The Kier molecular flexibility index (Phi) is 4.90. The highest BCUT2D eigenvalue weighted by Gasteiger charge is 2.23. The van der Waals surface area contributed by atoms with Gasteiger partial charge in [0.15, 0.2) is 17.5 Å². The molecule has 0 spiro atoms. The van der Waals surface area contributed by atoms with E-state index in [0.29, 0.717) is 19.2 Å². The number of sulfonamides is 1. The lowest BCUT2D eigenvalue weighted by Crippen LogP contribution is -2.27. The highest BCUT2D eigenvalue weighted by Crippen LogP contribution is 2.24. The molecule has 1 heterocycles. The summed E-state index contributed by atoms with van der Waals surface area (Å²) >= 11 is 0. The smallest absolute Gasteiger partial charge is 0.262 e. The Bertz CT molecular complexity index is 958. The van der Waals surface area contributed by atoms with Gasteiger partial charge in [-0.2, -0.15) is 0 Å². The third-order valence-electron chi connectivity index (χ3n) is 4.06. The van der Waals surface area contributed by atoms with Gasteiger partial charge in [0.2, 0.25) is 0 Å². The van der Waals surface area contributed by atoms with Crippen molar-refractivity contribution in [2.24, 2.45) is 0 Å². The summed E-state index contributed by atoms with van der Waals surface area (Å²) in [6.45, 7) is 1.21. The van der Waals surface area contributed by atoms with Crippen LogP contribution in [0, 0.1) is 17.5 Å². The summed E-state index contributed by atoms with van der Waals surface area (Å²) in [5.74, 6) is -5.14. The highest BCUT2D eigenvalue weighted by atomic mass is 32.2. The average molecular weight is 384 g/mol. The number of nitrogens with one attached hydrogen (secondary N) is 1. The van der Waals surface area contributed by atoms with Gasteiger partial charge in [0.1, 0.15) is 0 Å². The molecule has 1 fully saturated rings. The van der Waals surface area contributed by atoms with Gasteiger partial charge in [0.25, 0.3) is 15.9 Å². The van der Waals surface area contributed by atoms with Crippen LogP contribution in [0.15, 0.2) is 41.3 Å². The lowest BCUT2D eigenvalue weighted by Gasteiger charge is -2.16. The fourth-order valence-electron chi connectivity index (χ4n) is 2.71.